The van der Waals surface area contributed by atoms with E-state index in [1.54, 1.807) is 12.1 Å². The van der Waals surface area contributed by atoms with Gasteiger partial charge >= 0.3 is 12.1 Å². The van der Waals surface area contributed by atoms with Gasteiger partial charge in [0.1, 0.15) is 0 Å². The topological polar surface area (TPSA) is 93.1 Å². The maximum absolute atomic E-state index is 13.2. The quantitative estimate of drug-likeness (QED) is 0.546. The van der Waals surface area contributed by atoms with Crippen LogP contribution in [0.3, 0.4) is 0 Å². The van der Waals surface area contributed by atoms with Gasteiger partial charge in [-0.2, -0.15) is 13.2 Å². The number of aryl methyl sites for hydroxylation is 1. The summed E-state index contributed by atoms with van der Waals surface area (Å²) in [4.78, 5) is 15.8. The summed E-state index contributed by atoms with van der Waals surface area (Å²) in [5.74, 6) is -2.12. The summed E-state index contributed by atoms with van der Waals surface area (Å²) in [6.45, 7) is 1.84. The van der Waals surface area contributed by atoms with Gasteiger partial charge in [0.25, 0.3) is 10.0 Å². The summed E-state index contributed by atoms with van der Waals surface area (Å²) in [5.41, 5.74) is 1.02. The van der Waals surface area contributed by atoms with E-state index in [0.717, 1.165) is 47.8 Å². The molecular weight excluding hydrogens is 457 g/mol. The zero-order chi connectivity index (χ0) is 23.8. The number of nitrogens with zero attached hydrogens (tertiary/aromatic N) is 2. The van der Waals surface area contributed by atoms with E-state index in [1.165, 1.54) is 24.4 Å². The van der Waals surface area contributed by atoms with Crippen molar-refractivity contribution in [3.8, 4) is 0 Å². The molecule has 1 aromatic carbocycles. The molecule has 1 saturated carbocycles. The minimum absolute atomic E-state index is 0.0112. The number of rotatable bonds is 5. The van der Waals surface area contributed by atoms with Crippen LogP contribution >= 0.6 is 0 Å². The molecule has 0 atom stereocenters. The van der Waals surface area contributed by atoms with Crippen molar-refractivity contribution in [2.45, 2.75) is 56.1 Å². The lowest BCUT2D eigenvalue weighted by molar-refractivity contribution is -0.167. The predicted molar refractivity (Wildman–Crippen MR) is 119 cm³/mol. The van der Waals surface area contributed by atoms with E-state index in [4.69, 9.17) is 0 Å². The van der Waals surface area contributed by atoms with Gasteiger partial charge in [-0.1, -0.05) is 37.0 Å². The van der Waals surface area contributed by atoms with Crippen LogP contribution in [0, 0.1) is 6.92 Å². The minimum atomic E-state index is -5.07. The van der Waals surface area contributed by atoms with E-state index in [-0.39, 0.29) is 28.0 Å². The van der Waals surface area contributed by atoms with E-state index in [1.807, 2.05) is 12.2 Å². The molecule has 2 aromatic heterocycles. The number of fused-ring (bicyclic) bond motifs is 1. The normalized spacial score (nSPS) is 15.5. The largest absolute Gasteiger partial charge is 0.471 e. The number of benzene rings is 1. The molecule has 4 rings (SSSR count). The second kappa shape index (κ2) is 8.69. The van der Waals surface area contributed by atoms with Crippen molar-refractivity contribution in [3.63, 3.8) is 0 Å². The molecule has 0 radical (unpaired) electrons. The third kappa shape index (κ3) is 4.68. The second-order valence-electron chi connectivity index (χ2n) is 8.14. The van der Waals surface area contributed by atoms with E-state index in [0.29, 0.717) is 5.39 Å². The van der Waals surface area contributed by atoms with Crippen molar-refractivity contribution in [1.29, 1.82) is 0 Å². The van der Waals surface area contributed by atoms with Crippen LogP contribution in [0.1, 0.15) is 37.7 Å². The summed E-state index contributed by atoms with van der Waals surface area (Å²) >= 11 is 0. The number of nitrogens with one attached hydrogen (secondary N) is 2. The Morgan fingerprint density at radius 2 is 1.76 bits per heavy atom. The van der Waals surface area contributed by atoms with Crippen LogP contribution in [0.25, 0.3) is 11.0 Å². The van der Waals surface area contributed by atoms with E-state index in [9.17, 15) is 26.4 Å². The average molecular weight is 481 g/mol. The van der Waals surface area contributed by atoms with Gasteiger partial charge in [0.05, 0.1) is 22.5 Å². The Bertz CT molecular complexity index is 1280. The first kappa shape index (κ1) is 23.1. The molecule has 33 heavy (non-hydrogen) atoms. The number of hydrogen-bond donors (Lipinski definition) is 2. The fourth-order valence-electron chi connectivity index (χ4n) is 3.98. The van der Waals surface area contributed by atoms with Crippen molar-refractivity contribution in [3.05, 3.63) is 48.3 Å². The van der Waals surface area contributed by atoms with E-state index >= 15 is 0 Å². The molecule has 3 aromatic rings. The number of aromatic nitrogens is 2. The number of hydrogen-bond acceptors (Lipinski definition) is 5. The molecule has 7 nitrogen and oxygen atoms in total. The van der Waals surface area contributed by atoms with Crippen molar-refractivity contribution >= 4 is 38.3 Å². The molecule has 1 aliphatic carbocycles. The summed E-state index contributed by atoms with van der Waals surface area (Å²) in [6, 6.07) is 7.77. The second-order valence-corrected chi connectivity index (χ2v) is 9.96. The number of pyridine rings is 1. The standard InChI is InChI=1S/C22H23F3N4O3S/c1-14-7-9-16(10-8-14)33(31,32)29-12-11-17-19(27-15-5-3-2-4-6-15)18(13-26-20(17)29)28-21(30)22(23,24)25/h7-13,15H,2-6H2,1H3,(H,26,27)(H,28,30). The minimum Gasteiger partial charge on any atom is -0.380 e. The number of alkyl halides is 3. The zero-order valence-electron chi connectivity index (χ0n) is 17.8. The van der Waals surface area contributed by atoms with E-state index in [2.05, 4.69) is 10.3 Å². The fraction of sp³-hybridized carbons (Fsp3) is 0.364. The number of anilines is 2. The summed E-state index contributed by atoms with van der Waals surface area (Å²) in [6.07, 6.45) is 1.95. The predicted octanol–water partition coefficient (Wildman–Crippen LogP) is 4.83. The zero-order valence-corrected chi connectivity index (χ0v) is 18.6. The molecular formula is C22H23F3N4O3S. The first-order chi connectivity index (χ1) is 15.6. The van der Waals surface area contributed by atoms with Gasteiger partial charge in [-0.05, 0) is 38.0 Å². The molecule has 0 saturated heterocycles. The Morgan fingerprint density at radius 3 is 2.39 bits per heavy atom. The Hall–Kier alpha value is -3.08. The van der Waals surface area contributed by atoms with Gasteiger partial charge < -0.3 is 10.6 Å². The number of carbonyl (C=O) groups is 1. The smallest absolute Gasteiger partial charge is 0.380 e. The molecule has 0 aliphatic heterocycles. The van der Waals surface area contributed by atoms with E-state index < -0.39 is 22.1 Å². The monoisotopic (exact) mass is 480 g/mol. The van der Waals surface area contributed by atoms with Gasteiger partial charge in [-0.25, -0.2) is 17.4 Å². The van der Waals surface area contributed by atoms with Gasteiger partial charge in [0, 0.05) is 17.6 Å². The van der Waals surface area contributed by atoms with Crippen LogP contribution in [-0.2, 0) is 14.8 Å². The molecule has 0 unspecified atom stereocenters. The molecule has 176 valence electrons. The van der Waals surface area contributed by atoms with Gasteiger partial charge in [0.15, 0.2) is 5.65 Å². The fourth-order valence-corrected chi connectivity index (χ4v) is 5.28. The van der Waals surface area contributed by atoms with Crippen LogP contribution in [0.2, 0.25) is 0 Å². The maximum Gasteiger partial charge on any atom is 0.471 e. The van der Waals surface area contributed by atoms with Crippen LogP contribution in [0.5, 0.6) is 0 Å². The summed E-state index contributed by atoms with van der Waals surface area (Å²) in [5, 5.41) is 5.40. The van der Waals surface area contributed by atoms with Crippen molar-refractivity contribution < 1.29 is 26.4 Å². The molecule has 0 bridgehead atoms. The van der Waals surface area contributed by atoms with Gasteiger partial charge in [-0.15, -0.1) is 0 Å². The Kier molecular flexibility index (Phi) is 6.08. The first-order valence-electron chi connectivity index (χ1n) is 10.5. The third-order valence-corrected chi connectivity index (χ3v) is 7.40. The Morgan fingerprint density at radius 1 is 1.09 bits per heavy atom. The van der Waals surface area contributed by atoms with Crippen molar-refractivity contribution in [2.24, 2.45) is 0 Å². The van der Waals surface area contributed by atoms with Crippen LogP contribution in [0.4, 0.5) is 24.5 Å². The van der Waals surface area contributed by atoms with Crippen molar-refractivity contribution in [2.75, 3.05) is 10.6 Å². The lowest BCUT2D eigenvalue weighted by Crippen LogP contribution is -2.31. The Balaban J connectivity index is 1.81. The Labute approximate surface area is 189 Å². The highest BCUT2D eigenvalue weighted by Gasteiger charge is 2.39. The van der Waals surface area contributed by atoms with Gasteiger partial charge in [0.2, 0.25) is 0 Å². The van der Waals surface area contributed by atoms with Crippen LogP contribution in [0.15, 0.2) is 47.6 Å². The van der Waals surface area contributed by atoms with Crippen LogP contribution in [-0.4, -0.2) is 35.5 Å². The lowest BCUT2D eigenvalue weighted by atomic mass is 9.95. The maximum atomic E-state index is 13.2. The lowest BCUT2D eigenvalue weighted by Gasteiger charge is -2.25. The molecule has 1 fully saturated rings. The highest BCUT2D eigenvalue weighted by Crippen LogP contribution is 2.35. The highest BCUT2D eigenvalue weighted by atomic mass is 32.2. The molecule has 0 spiro atoms. The van der Waals surface area contributed by atoms with Crippen molar-refractivity contribution in [1.82, 2.24) is 8.96 Å². The molecule has 1 amide bonds. The molecule has 1 aliphatic rings. The molecule has 2 heterocycles. The summed E-state index contributed by atoms with van der Waals surface area (Å²) in [7, 11) is -3.99. The van der Waals surface area contributed by atoms with Crippen LogP contribution < -0.4 is 10.6 Å². The number of halogens is 3. The average Bonchev–Trinajstić information content (AvgIpc) is 3.21. The highest BCUT2D eigenvalue weighted by molar-refractivity contribution is 7.90. The van der Waals surface area contributed by atoms with Gasteiger partial charge in [-0.3, -0.25) is 4.79 Å². The first-order valence-corrected chi connectivity index (χ1v) is 12.0. The third-order valence-electron chi connectivity index (χ3n) is 5.72. The SMILES string of the molecule is Cc1ccc(S(=O)(=O)n2ccc3c(NC4CCCCC4)c(NC(=O)C(F)(F)F)cnc32)cc1. The molecule has 11 heteroatoms. The molecule has 2 N–H and O–H groups in total. The summed E-state index contributed by atoms with van der Waals surface area (Å²) < 4.78 is 66.0. The number of amides is 1. The number of carbonyl (C=O) groups excluding carboxylic acids is 1.